The summed E-state index contributed by atoms with van der Waals surface area (Å²) >= 11 is 4.97. The first kappa shape index (κ1) is 14.0. The van der Waals surface area contributed by atoms with Crippen molar-refractivity contribution < 1.29 is 24.9 Å². The number of aliphatic hydroxyl groups excluding tert-OH is 3. The number of nitrogens with two attached hydrogens (primary N) is 2. The van der Waals surface area contributed by atoms with Gasteiger partial charge in [-0.05, 0) is 12.2 Å². The summed E-state index contributed by atoms with van der Waals surface area (Å²) in [5.41, 5.74) is 10.7. The van der Waals surface area contributed by atoms with Crippen LogP contribution in [0.3, 0.4) is 0 Å². The molecule has 1 saturated heterocycles. The summed E-state index contributed by atoms with van der Waals surface area (Å²) in [7, 11) is 0. The Kier molecular flexibility index (Phi) is 3.60. The molecule has 9 nitrogen and oxygen atoms in total. The number of aromatic nitrogens is 2. The quantitative estimate of drug-likeness (QED) is 0.346. The minimum Gasteiger partial charge on any atom is -0.394 e. The van der Waals surface area contributed by atoms with E-state index in [1.165, 1.54) is 0 Å². The minimum absolute atomic E-state index is 0.0149. The van der Waals surface area contributed by atoms with Crippen molar-refractivity contribution >= 4 is 23.9 Å². The summed E-state index contributed by atoms with van der Waals surface area (Å²) in [6.07, 6.45) is -4.71. The standard InChI is InChI=1S/C9H14N4O5S/c10-6-3(7(11)17)12-9(19)13(6)8-5(16)4(15)2(1-14)18-8/h2,4-5,8,14-16H,1,10H2,(H2,11,17)(H,12,19). The number of rotatable bonds is 3. The zero-order valence-corrected chi connectivity index (χ0v) is 10.5. The van der Waals surface area contributed by atoms with Crippen LogP contribution in [0, 0.1) is 4.77 Å². The van der Waals surface area contributed by atoms with Crippen LogP contribution in [0.5, 0.6) is 0 Å². The first-order chi connectivity index (χ1) is 8.88. The molecule has 0 radical (unpaired) electrons. The second kappa shape index (κ2) is 4.90. The third-order valence-electron chi connectivity index (χ3n) is 2.98. The highest BCUT2D eigenvalue weighted by atomic mass is 32.1. The van der Waals surface area contributed by atoms with Crippen molar-refractivity contribution in [1.29, 1.82) is 0 Å². The maximum absolute atomic E-state index is 11.1. The van der Waals surface area contributed by atoms with Gasteiger partial charge in [0.25, 0.3) is 5.91 Å². The molecular formula is C9H14N4O5S. The van der Waals surface area contributed by atoms with E-state index in [1.807, 2.05) is 0 Å². The van der Waals surface area contributed by atoms with Gasteiger partial charge in [0.1, 0.15) is 29.8 Å². The highest BCUT2D eigenvalue weighted by Crippen LogP contribution is 2.32. The van der Waals surface area contributed by atoms with Crippen LogP contribution in [-0.2, 0) is 4.74 Å². The molecule has 1 aromatic rings. The number of nitrogen functional groups attached to an aromatic ring is 1. The van der Waals surface area contributed by atoms with Gasteiger partial charge in [-0.25, -0.2) is 0 Å². The maximum atomic E-state index is 11.1. The number of aliphatic hydroxyl groups is 3. The lowest BCUT2D eigenvalue weighted by atomic mass is 10.1. The Morgan fingerprint density at radius 2 is 2.11 bits per heavy atom. The smallest absolute Gasteiger partial charge is 0.268 e. The lowest BCUT2D eigenvalue weighted by molar-refractivity contribution is -0.0524. The molecule has 0 spiro atoms. The fourth-order valence-electron chi connectivity index (χ4n) is 1.99. The number of carbonyl (C=O) groups excluding carboxylic acids is 1. The topological polar surface area (TPSA) is 160 Å². The second-order valence-corrected chi connectivity index (χ2v) is 4.54. The molecule has 2 heterocycles. The zero-order valence-electron chi connectivity index (χ0n) is 9.68. The van der Waals surface area contributed by atoms with Gasteiger partial charge in [0.2, 0.25) is 0 Å². The van der Waals surface area contributed by atoms with Crippen LogP contribution in [0.1, 0.15) is 16.7 Å². The highest BCUT2D eigenvalue weighted by Gasteiger charge is 2.44. The van der Waals surface area contributed by atoms with Crippen molar-refractivity contribution in [2.45, 2.75) is 24.5 Å². The van der Waals surface area contributed by atoms with E-state index in [1.54, 1.807) is 0 Å². The fraction of sp³-hybridized carbons (Fsp3) is 0.556. The largest absolute Gasteiger partial charge is 0.394 e. The zero-order chi connectivity index (χ0) is 14.3. The lowest BCUT2D eigenvalue weighted by Gasteiger charge is -2.17. The van der Waals surface area contributed by atoms with Gasteiger partial charge in [0, 0.05) is 0 Å². The van der Waals surface area contributed by atoms with Gasteiger partial charge in [-0.3, -0.25) is 9.36 Å². The average Bonchev–Trinajstić information content (AvgIpc) is 2.79. The third-order valence-corrected chi connectivity index (χ3v) is 3.28. The van der Waals surface area contributed by atoms with Gasteiger partial charge in [-0.15, -0.1) is 0 Å². The maximum Gasteiger partial charge on any atom is 0.268 e. The Balaban J connectivity index is 2.44. The van der Waals surface area contributed by atoms with Gasteiger partial charge in [-0.2, -0.15) is 0 Å². The Hall–Kier alpha value is -1.46. The number of amides is 1. The monoisotopic (exact) mass is 290 g/mol. The molecule has 19 heavy (non-hydrogen) atoms. The predicted molar refractivity (Wildman–Crippen MR) is 65.6 cm³/mol. The minimum atomic E-state index is -1.34. The number of nitrogens with zero attached hydrogens (tertiary/aromatic N) is 1. The molecule has 2 rings (SSSR count). The third kappa shape index (κ3) is 2.13. The van der Waals surface area contributed by atoms with Crippen molar-refractivity contribution in [1.82, 2.24) is 9.55 Å². The van der Waals surface area contributed by atoms with Gasteiger partial charge in [-0.1, -0.05) is 0 Å². The Morgan fingerprint density at radius 3 is 2.53 bits per heavy atom. The van der Waals surface area contributed by atoms with E-state index in [0.29, 0.717) is 0 Å². The average molecular weight is 290 g/mol. The molecule has 1 amide bonds. The van der Waals surface area contributed by atoms with Crippen LogP contribution in [0.4, 0.5) is 5.82 Å². The number of ether oxygens (including phenoxy) is 1. The van der Waals surface area contributed by atoms with Crippen LogP contribution >= 0.6 is 12.2 Å². The Labute approximate surface area is 112 Å². The summed E-state index contributed by atoms with van der Waals surface area (Å²) in [6, 6.07) is 0. The molecule has 0 aliphatic carbocycles. The van der Waals surface area contributed by atoms with Gasteiger partial charge >= 0.3 is 0 Å². The molecule has 0 bridgehead atoms. The molecule has 1 aliphatic rings. The van der Waals surface area contributed by atoms with E-state index < -0.39 is 37.1 Å². The number of H-pyrrole nitrogens is 1. The van der Waals surface area contributed by atoms with Crippen molar-refractivity contribution in [2.24, 2.45) is 5.73 Å². The summed E-state index contributed by atoms with van der Waals surface area (Å²) in [5, 5.41) is 28.5. The SMILES string of the molecule is NC(=O)c1[nH]c(=S)n(C2OC(CO)C(O)C2O)c1N. The Morgan fingerprint density at radius 1 is 1.47 bits per heavy atom. The first-order valence-corrected chi connectivity index (χ1v) is 5.81. The molecule has 4 atom stereocenters. The molecule has 1 fully saturated rings. The predicted octanol–water partition coefficient (Wildman–Crippen LogP) is -2.16. The van der Waals surface area contributed by atoms with Gasteiger partial charge < -0.3 is 36.5 Å². The number of hydrogen-bond acceptors (Lipinski definition) is 7. The van der Waals surface area contributed by atoms with E-state index >= 15 is 0 Å². The number of aromatic amines is 1. The van der Waals surface area contributed by atoms with Gasteiger partial charge in [0.05, 0.1) is 6.61 Å². The van der Waals surface area contributed by atoms with Crippen molar-refractivity contribution in [3.05, 3.63) is 10.5 Å². The van der Waals surface area contributed by atoms with Crippen molar-refractivity contribution in [3.63, 3.8) is 0 Å². The number of imidazole rings is 1. The van der Waals surface area contributed by atoms with Crippen LogP contribution in [0.2, 0.25) is 0 Å². The molecule has 8 N–H and O–H groups in total. The fourth-order valence-corrected chi connectivity index (χ4v) is 2.30. The van der Waals surface area contributed by atoms with E-state index in [-0.39, 0.29) is 16.3 Å². The van der Waals surface area contributed by atoms with Crippen molar-refractivity contribution in [3.8, 4) is 0 Å². The highest BCUT2D eigenvalue weighted by molar-refractivity contribution is 7.71. The molecular weight excluding hydrogens is 276 g/mol. The number of hydrogen-bond donors (Lipinski definition) is 6. The molecule has 0 aromatic carbocycles. The summed E-state index contributed by atoms with van der Waals surface area (Å²) in [5.74, 6) is -0.915. The molecule has 4 unspecified atom stereocenters. The number of anilines is 1. The molecule has 1 aliphatic heterocycles. The summed E-state index contributed by atoms with van der Waals surface area (Å²) in [4.78, 5) is 13.6. The molecule has 106 valence electrons. The Bertz CT molecular complexity index is 555. The summed E-state index contributed by atoms with van der Waals surface area (Å²) < 4.78 is 6.42. The van der Waals surface area contributed by atoms with Crippen molar-refractivity contribution in [2.75, 3.05) is 12.3 Å². The number of primary amides is 1. The molecule has 10 heteroatoms. The van der Waals surface area contributed by atoms with Crippen LogP contribution in [-0.4, -0.2) is 55.7 Å². The van der Waals surface area contributed by atoms with Crippen LogP contribution in [0.25, 0.3) is 0 Å². The van der Waals surface area contributed by atoms with E-state index in [9.17, 15) is 15.0 Å². The van der Waals surface area contributed by atoms with Crippen LogP contribution in [0.15, 0.2) is 0 Å². The van der Waals surface area contributed by atoms with E-state index in [4.69, 9.17) is 33.5 Å². The van der Waals surface area contributed by atoms with Crippen LogP contribution < -0.4 is 11.5 Å². The van der Waals surface area contributed by atoms with Gasteiger partial charge in [0.15, 0.2) is 11.0 Å². The van der Waals surface area contributed by atoms with E-state index in [2.05, 4.69) is 4.98 Å². The number of carbonyl (C=O) groups is 1. The molecule has 0 saturated carbocycles. The second-order valence-electron chi connectivity index (χ2n) is 4.15. The summed E-state index contributed by atoms with van der Waals surface area (Å²) in [6.45, 7) is -0.477. The molecule has 1 aromatic heterocycles. The first-order valence-electron chi connectivity index (χ1n) is 5.40. The normalized spacial score (nSPS) is 30.7. The van der Waals surface area contributed by atoms with E-state index in [0.717, 1.165) is 4.57 Å². The number of nitrogens with one attached hydrogen (secondary N) is 1. The lowest BCUT2D eigenvalue weighted by Crippen LogP contribution is -2.33.